The van der Waals surface area contributed by atoms with E-state index in [0.717, 1.165) is 27.3 Å². The molecule has 4 nitrogen and oxygen atoms in total. The molecule has 142 valence electrons. The average Bonchev–Trinajstić information content (AvgIpc) is 3.11. The van der Waals surface area contributed by atoms with Crippen LogP contribution in [0.1, 0.15) is 11.1 Å². The Hall–Kier alpha value is -3.34. The van der Waals surface area contributed by atoms with Gasteiger partial charge in [0.15, 0.2) is 11.6 Å². The monoisotopic (exact) mass is 377 g/mol. The lowest BCUT2D eigenvalue weighted by atomic mass is 10.0. The minimum Gasteiger partial charge on any atom is -0.494 e. The molecule has 0 aliphatic heterocycles. The van der Waals surface area contributed by atoms with Gasteiger partial charge < -0.3 is 14.1 Å². The zero-order chi connectivity index (χ0) is 19.7. The number of nitrogens with zero attached hydrogens (tertiary/aromatic N) is 1. The van der Waals surface area contributed by atoms with Gasteiger partial charge in [-0.25, -0.2) is 4.39 Å². The first-order valence-corrected chi connectivity index (χ1v) is 9.01. The van der Waals surface area contributed by atoms with Gasteiger partial charge in [-0.1, -0.05) is 36.4 Å². The van der Waals surface area contributed by atoms with Crippen LogP contribution < -0.4 is 4.74 Å². The van der Waals surface area contributed by atoms with Gasteiger partial charge in [0, 0.05) is 24.5 Å². The molecule has 0 aliphatic carbocycles. The summed E-state index contributed by atoms with van der Waals surface area (Å²) in [5.74, 6) is -0.311. The SMILES string of the molecule is COc1ccc(CN(C)C(=O)Cc2coc3ccc4ccccc4c23)cc1F. The second-order valence-corrected chi connectivity index (χ2v) is 6.82. The number of hydrogen-bond acceptors (Lipinski definition) is 3. The maximum atomic E-state index is 13.9. The lowest BCUT2D eigenvalue weighted by Crippen LogP contribution is -2.27. The first-order valence-electron chi connectivity index (χ1n) is 9.01. The third-order valence-corrected chi connectivity index (χ3v) is 4.94. The molecule has 28 heavy (non-hydrogen) atoms. The van der Waals surface area contributed by atoms with Crippen LogP contribution in [0.15, 0.2) is 65.3 Å². The molecule has 3 aromatic carbocycles. The minimum atomic E-state index is -0.437. The highest BCUT2D eigenvalue weighted by Crippen LogP contribution is 2.30. The van der Waals surface area contributed by atoms with E-state index in [0.29, 0.717) is 12.1 Å². The van der Waals surface area contributed by atoms with Crippen LogP contribution in [-0.2, 0) is 17.8 Å². The zero-order valence-corrected chi connectivity index (χ0v) is 15.7. The molecule has 0 N–H and O–H groups in total. The van der Waals surface area contributed by atoms with Crippen LogP contribution in [0.5, 0.6) is 5.75 Å². The van der Waals surface area contributed by atoms with Crippen molar-refractivity contribution in [2.24, 2.45) is 0 Å². The summed E-state index contributed by atoms with van der Waals surface area (Å²) in [6.45, 7) is 0.316. The van der Waals surface area contributed by atoms with E-state index >= 15 is 0 Å². The van der Waals surface area contributed by atoms with Gasteiger partial charge in [-0.05, 0) is 34.5 Å². The van der Waals surface area contributed by atoms with Crippen LogP contribution in [0.4, 0.5) is 4.39 Å². The first-order chi connectivity index (χ1) is 13.6. The average molecular weight is 377 g/mol. The van der Waals surface area contributed by atoms with Crippen LogP contribution in [-0.4, -0.2) is 25.0 Å². The quantitative estimate of drug-likeness (QED) is 0.495. The zero-order valence-electron chi connectivity index (χ0n) is 15.7. The van der Waals surface area contributed by atoms with Crippen molar-refractivity contribution in [3.05, 3.63) is 77.8 Å². The summed E-state index contributed by atoms with van der Waals surface area (Å²) in [5, 5.41) is 3.14. The summed E-state index contributed by atoms with van der Waals surface area (Å²) in [6, 6.07) is 16.7. The summed E-state index contributed by atoms with van der Waals surface area (Å²) >= 11 is 0. The molecule has 0 aliphatic rings. The third-order valence-electron chi connectivity index (χ3n) is 4.94. The fourth-order valence-electron chi connectivity index (χ4n) is 3.47. The van der Waals surface area contributed by atoms with E-state index < -0.39 is 5.82 Å². The molecule has 0 saturated heterocycles. The van der Waals surface area contributed by atoms with Crippen molar-refractivity contribution in [2.45, 2.75) is 13.0 Å². The normalized spacial score (nSPS) is 11.1. The second-order valence-electron chi connectivity index (χ2n) is 6.82. The van der Waals surface area contributed by atoms with E-state index in [4.69, 9.17) is 9.15 Å². The molecule has 0 spiro atoms. The number of likely N-dealkylation sites (N-methyl/N-ethyl adjacent to an activating group) is 1. The number of halogens is 1. The number of methoxy groups -OCH3 is 1. The van der Waals surface area contributed by atoms with E-state index in [1.807, 2.05) is 36.4 Å². The summed E-state index contributed by atoms with van der Waals surface area (Å²) < 4.78 is 24.5. The highest BCUT2D eigenvalue weighted by atomic mass is 19.1. The van der Waals surface area contributed by atoms with Crippen molar-refractivity contribution < 1.29 is 18.3 Å². The minimum absolute atomic E-state index is 0.0631. The molecule has 4 rings (SSSR count). The number of carbonyl (C=O) groups is 1. The van der Waals surface area contributed by atoms with E-state index in [1.54, 1.807) is 30.3 Å². The van der Waals surface area contributed by atoms with Gasteiger partial charge in [0.1, 0.15) is 5.58 Å². The Morgan fingerprint density at radius 3 is 2.75 bits per heavy atom. The molecule has 0 bridgehead atoms. The van der Waals surface area contributed by atoms with Gasteiger partial charge in [-0.15, -0.1) is 0 Å². The largest absolute Gasteiger partial charge is 0.494 e. The summed E-state index contributed by atoms with van der Waals surface area (Å²) in [4.78, 5) is 14.4. The lowest BCUT2D eigenvalue weighted by molar-refractivity contribution is -0.129. The molecule has 0 unspecified atom stereocenters. The number of rotatable bonds is 5. The number of furan rings is 1. The number of benzene rings is 3. The van der Waals surface area contributed by atoms with Gasteiger partial charge >= 0.3 is 0 Å². The number of amides is 1. The molecule has 0 saturated carbocycles. The Balaban J connectivity index is 1.56. The number of hydrogen-bond donors (Lipinski definition) is 0. The fourth-order valence-corrected chi connectivity index (χ4v) is 3.47. The van der Waals surface area contributed by atoms with Crippen LogP contribution in [0.3, 0.4) is 0 Å². The Morgan fingerprint density at radius 2 is 1.96 bits per heavy atom. The van der Waals surface area contributed by atoms with Crippen molar-refractivity contribution >= 4 is 27.6 Å². The van der Waals surface area contributed by atoms with Crippen LogP contribution in [0.2, 0.25) is 0 Å². The molecule has 1 amide bonds. The van der Waals surface area contributed by atoms with Crippen LogP contribution in [0, 0.1) is 5.82 Å². The maximum Gasteiger partial charge on any atom is 0.227 e. The highest BCUT2D eigenvalue weighted by molar-refractivity contribution is 6.08. The van der Waals surface area contributed by atoms with Crippen molar-refractivity contribution in [3.8, 4) is 5.75 Å². The smallest absolute Gasteiger partial charge is 0.227 e. The number of fused-ring (bicyclic) bond motifs is 3. The van der Waals surface area contributed by atoms with E-state index in [-0.39, 0.29) is 18.1 Å². The van der Waals surface area contributed by atoms with Crippen LogP contribution in [0.25, 0.3) is 21.7 Å². The van der Waals surface area contributed by atoms with E-state index in [2.05, 4.69) is 0 Å². The van der Waals surface area contributed by atoms with Crippen LogP contribution >= 0.6 is 0 Å². The van der Waals surface area contributed by atoms with E-state index in [9.17, 15) is 9.18 Å². The van der Waals surface area contributed by atoms with E-state index in [1.165, 1.54) is 13.2 Å². The lowest BCUT2D eigenvalue weighted by Gasteiger charge is -2.17. The van der Waals surface area contributed by atoms with Crippen molar-refractivity contribution in [2.75, 3.05) is 14.2 Å². The Morgan fingerprint density at radius 1 is 1.14 bits per heavy atom. The van der Waals surface area contributed by atoms with Gasteiger partial charge in [0.05, 0.1) is 19.8 Å². The van der Waals surface area contributed by atoms with Crippen molar-refractivity contribution in [3.63, 3.8) is 0 Å². The van der Waals surface area contributed by atoms with Gasteiger partial charge in [0.2, 0.25) is 5.91 Å². The molecule has 4 aromatic rings. The molecule has 0 fully saturated rings. The molecule has 1 aromatic heterocycles. The molecular formula is C23H20FNO3. The van der Waals surface area contributed by atoms with Gasteiger partial charge in [0.25, 0.3) is 0 Å². The number of ether oxygens (including phenoxy) is 1. The third kappa shape index (κ3) is 3.31. The summed E-state index contributed by atoms with van der Waals surface area (Å²) in [6.07, 6.45) is 1.87. The van der Waals surface area contributed by atoms with Gasteiger partial charge in [-0.3, -0.25) is 4.79 Å². The van der Waals surface area contributed by atoms with Crippen molar-refractivity contribution in [1.82, 2.24) is 4.90 Å². The standard InChI is InChI=1S/C23H20FNO3/c1-25(13-15-7-9-20(27-2)19(24)11-15)22(26)12-17-14-28-21-10-8-16-5-3-4-6-18(16)23(17)21/h3-11,14H,12-13H2,1-2H3. The molecule has 5 heteroatoms. The summed E-state index contributed by atoms with van der Waals surface area (Å²) in [7, 11) is 3.14. The highest BCUT2D eigenvalue weighted by Gasteiger charge is 2.16. The summed E-state index contributed by atoms with van der Waals surface area (Å²) in [5.41, 5.74) is 2.32. The molecule has 0 atom stereocenters. The van der Waals surface area contributed by atoms with Crippen molar-refractivity contribution in [1.29, 1.82) is 0 Å². The Labute approximate surface area is 162 Å². The topological polar surface area (TPSA) is 42.7 Å². The fraction of sp³-hybridized carbons (Fsp3) is 0.174. The number of carbonyl (C=O) groups excluding carboxylic acids is 1. The Kier molecular flexibility index (Phi) is 4.74. The Bertz CT molecular complexity index is 1170. The van der Waals surface area contributed by atoms with Gasteiger partial charge in [-0.2, -0.15) is 0 Å². The molecule has 0 radical (unpaired) electrons. The second kappa shape index (κ2) is 7.35. The maximum absolute atomic E-state index is 13.9. The molecule has 1 heterocycles. The first kappa shape index (κ1) is 18.0. The predicted molar refractivity (Wildman–Crippen MR) is 107 cm³/mol. The molecular weight excluding hydrogens is 357 g/mol. The predicted octanol–water partition coefficient (Wildman–Crippen LogP) is 4.93.